The number of anilines is 2. The summed E-state index contributed by atoms with van der Waals surface area (Å²) in [6.45, 7) is 1.69. The first-order chi connectivity index (χ1) is 16.2. The number of carbonyl (C=O) groups excluding carboxylic acids is 1. The van der Waals surface area contributed by atoms with E-state index in [0.29, 0.717) is 32.4 Å². The summed E-state index contributed by atoms with van der Waals surface area (Å²) in [5.41, 5.74) is 5.46. The van der Waals surface area contributed by atoms with E-state index in [4.69, 9.17) is 0 Å². The number of hydrogen-bond acceptors (Lipinski definition) is 7. The van der Waals surface area contributed by atoms with Crippen LogP contribution in [0.3, 0.4) is 0 Å². The van der Waals surface area contributed by atoms with Crippen LogP contribution in [0.5, 0.6) is 5.75 Å². The van der Waals surface area contributed by atoms with Gasteiger partial charge in [0.15, 0.2) is 5.13 Å². The van der Waals surface area contributed by atoms with Crippen LogP contribution in [-0.4, -0.2) is 44.9 Å². The highest BCUT2D eigenvalue weighted by molar-refractivity contribution is 7.22. The zero-order valence-electron chi connectivity index (χ0n) is 18.1. The SMILES string of the molecule is Cn1c(Nc2nc3ccc(OC(F)(F)F)cc3s2)nc2cc(C(=O)NN3CCCCC3)ccc21. The number of ether oxygens (including phenoxy) is 1. The van der Waals surface area contributed by atoms with Crippen molar-refractivity contribution in [3.8, 4) is 5.75 Å². The number of piperidine rings is 1. The number of nitrogens with one attached hydrogen (secondary N) is 2. The molecule has 4 aromatic rings. The maximum absolute atomic E-state index is 12.7. The third-order valence-corrected chi connectivity index (χ3v) is 6.50. The van der Waals surface area contributed by atoms with E-state index in [0.717, 1.165) is 31.4 Å². The van der Waals surface area contributed by atoms with Gasteiger partial charge in [-0.05, 0) is 43.2 Å². The van der Waals surface area contributed by atoms with Crippen molar-refractivity contribution < 1.29 is 22.7 Å². The zero-order valence-corrected chi connectivity index (χ0v) is 19.0. The first kappa shape index (κ1) is 22.4. The van der Waals surface area contributed by atoms with Crippen LogP contribution in [0, 0.1) is 0 Å². The molecule has 0 spiro atoms. The molecule has 2 aromatic carbocycles. The molecule has 34 heavy (non-hydrogen) atoms. The Bertz CT molecular complexity index is 1360. The Morgan fingerprint density at radius 2 is 1.85 bits per heavy atom. The van der Waals surface area contributed by atoms with Crippen molar-refractivity contribution in [2.24, 2.45) is 7.05 Å². The first-order valence-corrected chi connectivity index (χ1v) is 11.5. The predicted molar refractivity (Wildman–Crippen MR) is 123 cm³/mol. The number of imidazole rings is 1. The topological polar surface area (TPSA) is 84.3 Å². The van der Waals surface area contributed by atoms with Gasteiger partial charge in [0.05, 0.1) is 21.3 Å². The second-order valence-corrected chi connectivity index (χ2v) is 9.04. The number of rotatable bonds is 5. The van der Waals surface area contributed by atoms with Gasteiger partial charge in [-0.3, -0.25) is 10.2 Å². The van der Waals surface area contributed by atoms with Crippen molar-refractivity contribution >= 4 is 49.6 Å². The Morgan fingerprint density at radius 1 is 1.06 bits per heavy atom. The maximum atomic E-state index is 12.7. The molecule has 2 N–H and O–H groups in total. The Labute approximate surface area is 196 Å². The van der Waals surface area contributed by atoms with Crippen LogP contribution in [-0.2, 0) is 7.05 Å². The van der Waals surface area contributed by atoms with Crippen molar-refractivity contribution in [3.05, 3.63) is 42.0 Å². The Morgan fingerprint density at radius 3 is 2.62 bits per heavy atom. The van der Waals surface area contributed by atoms with E-state index in [1.807, 2.05) is 22.7 Å². The van der Waals surface area contributed by atoms with E-state index in [2.05, 4.69) is 25.4 Å². The van der Waals surface area contributed by atoms with Gasteiger partial charge in [0, 0.05) is 31.8 Å². The van der Waals surface area contributed by atoms with Crippen LogP contribution in [0.4, 0.5) is 24.3 Å². The Balaban J connectivity index is 1.36. The lowest BCUT2D eigenvalue weighted by Gasteiger charge is -2.26. The number of aromatic nitrogens is 3. The highest BCUT2D eigenvalue weighted by atomic mass is 32.1. The first-order valence-electron chi connectivity index (χ1n) is 10.7. The van der Waals surface area contributed by atoms with Gasteiger partial charge >= 0.3 is 6.36 Å². The minimum atomic E-state index is -4.75. The number of hydrazine groups is 1. The number of aryl methyl sites for hydroxylation is 1. The molecule has 1 fully saturated rings. The summed E-state index contributed by atoms with van der Waals surface area (Å²) in [5.74, 6) is 0.0229. The molecule has 0 bridgehead atoms. The van der Waals surface area contributed by atoms with Gasteiger partial charge in [-0.1, -0.05) is 17.8 Å². The monoisotopic (exact) mass is 490 g/mol. The molecule has 1 saturated heterocycles. The number of thiazole rings is 1. The summed E-state index contributed by atoms with van der Waals surface area (Å²) < 4.78 is 43.8. The molecule has 1 amide bonds. The zero-order chi connectivity index (χ0) is 23.9. The lowest BCUT2D eigenvalue weighted by atomic mass is 10.1. The Kier molecular flexibility index (Phi) is 5.78. The maximum Gasteiger partial charge on any atom is 0.573 e. The molecule has 0 aliphatic carbocycles. The second-order valence-electron chi connectivity index (χ2n) is 8.01. The summed E-state index contributed by atoms with van der Waals surface area (Å²) in [6.07, 6.45) is -1.44. The molecule has 8 nitrogen and oxygen atoms in total. The van der Waals surface area contributed by atoms with Crippen molar-refractivity contribution in [2.45, 2.75) is 25.6 Å². The number of nitrogens with zero attached hydrogens (tertiary/aromatic N) is 4. The van der Waals surface area contributed by atoms with Gasteiger partial charge in [-0.2, -0.15) is 0 Å². The van der Waals surface area contributed by atoms with Gasteiger partial charge in [-0.25, -0.2) is 15.0 Å². The molecule has 0 saturated carbocycles. The van der Waals surface area contributed by atoms with Gasteiger partial charge in [0.1, 0.15) is 5.75 Å². The van der Waals surface area contributed by atoms with E-state index in [1.54, 1.807) is 12.1 Å². The molecular formula is C22H21F3N6O2S. The number of halogens is 3. The fraction of sp³-hybridized carbons (Fsp3) is 0.318. The summed E-state index contributed by atoms with van der Waals surface area (Å²) >= 11 is 1.19. The quantitative estimate of drug-likeness (QED) is 0.412. The minimum absolute atomic E-state index is 0.174. The third-order valence-electron chi connectivity index (χ3n) is 5.57. The van der Waals surface area contributed by atoms with E-state index in [-0.39, 0.29) is 11.7 Å². The lowest BCUT2D eigenvalue weighted by Crippen LogP contribution is -2.45. The summed E-state index contributed by atoms with van der Waals surface area (Å²) in [7, 11) is 1.83. The van der Waals surface area contributed by atoms with Crippen LogP contribution in [0.15, 0.2) is 36.4 Å². The Hall–Kier alpha value is -3.38. The number of carbonyl (C=O) groups is 1. The normalized spacial score (nSPS) is 15.1. The average molecular weight is 491 g/mol. The van der Waals surface area contributed by atoms with Crippen LogP contribution in [0.25, 0.3) is 21.3 Å². The number of alkyl halides is 3. The molecule has 0 atom stereocenters. The van der Waals surface area contributed by atoms with Crippen LogP contribution in [0.1, 0.15) is 29.6 Å². The van der Waals surface area contributed by atoms with Gasteiger partial charge in [-0.15, -0.1) is 13.2 Å². The lowest BCUT2D eigenvalue weighted by molar-refractivity contribution is -0.274. The summed E-state index contributed by atoms with van der Waals surface area (Å²) in [4.78, 5) is 21.7. The van der Waals surface area contributed by atoms with E-state index in [1.165, 1.54) is 36.0 Å². The van der Waals surface area contributed by atoms with Crippen molar-refractivity contribution in [1.82, 2.24) is 25.0 Å². The molecule has 5 rings (SSSR count). The second kappa shape index (κ2) is 8.76. The average Bonchev–Trinajstić information content (AvgIpc) is 3.33. The van der Waals surface area contributed by atoms with Crippen molar-refractivity contribution in [3.63, 3.8) is 0 Å². The summed E-state index contributed by atoms with van der Waals surface area (Å²) in [6, 6.07) is 9.32. The number of amides is 1. The van der Waals surface area contributed by atoms with E-state index >= 15 is 0 Å². The van der Waals surface area contributed by atoms with Crippen LogP contribution in [0.2, 0.25) is 0 Å². The predicted octanol–water partition coefficient (Wildman–Crippen LogP) is 4.96. The molecule has 1 aliphatic heterocycles. The number of hydrogen-bond donors (Lipinski definition) is 2. The van der Waals surface area contributed by atoms with Crippen LogP contribution < -0.4 is 15.5 Å². The van der Waals surface area contributed by atoms with Crippen LogP contribution >= 0.6 is 11.3 Å². The fourth-order valence-corrected chi connectivity index (χ4v) is 4.81. The van der Waals surface area contributed by atoms with Crippen molar-refractivity contribution in [1.29, 1.82) is 0 Å². The highest BCUT2D eigenvalue weighted by Crippen LogP contribution is 2.33. The molecular weight excluding hydrogens is 469 g/mol. The third kappa shape index (κ3) is 4.77. The van der Waals surface area contributed by atoms with E-state index in [9.17, 15) is 18.0 Å². The minimum Gasteiger partial charge on any atom is -0.406 e. The summed E-state index contributed by atoms with van der Waals surface area (Å²) in [5, 5.41) is 5.54. The van der Waals surface area contributed by atoms with Gasteiger partial charge in [0.25, 0.3) is 5.91 Å². The molecule has 0 unspecified atom stereocenters. The molecule has 1 aliphatic rings. The largest absolute Gasteiger partial charge is 0.573 e. The van der Waals surface area contributed by atoms with E-state index < -0.39 is 6.36 Å². The molecule has 12 heteroatoms. The smallest absolute Gasteiger partial charge is 0.406 e. The molecule has 2 aromatic heterocycles. The molecule has 0 radical (unpaired) electrons. The fourth-order valence-electron chi connectivity index (χ4n) is 3.92. The van der Waals surface area contributed by atoms with Crippen molar-refractivity contribution in [2.75, 3.05) is 18.4 Å². The van der Waals surface area contributed by atoms with Gasteiger partial charge < -0.3 is 14.6 Å². The molecule has 3 heterocycles. The highest BCUT2D eigenvalue weighted by Gasteiger charge is 2.31. The number of fused-ring (bicyclic) bond motifs is 2. The van der Waals surface area contributed by atoms with Gasteiger partial charge in [0.2, 0.25) is 5.95 Å². The number of benzene rings is 2. The molecule has 178 valence electrons. The standard InChI is InChI=1S/C22H21F3N6O2S/c1-30-17-8-5-13(19(32)29-31-9-3-2-4-10-31)11-16(17)26-20(30)28-21-27-15-7-6-14(12-18(15)34-21)33-22(23,24)25/h5-8,11-12H,2-4,9-10H2,1H3,(H,29,32)(H,26,27,28).